The summed E-state index contributed by atoms with van der Waals surface area (Å²) in [6.45, 7) is 0.168. The molecule has 0 saturated heterocycles. The first-order valence-corrected chi connectivity index (χ1v) is 12.3. The lowest BCUT2D eigenvalue weighted by molar-refractivity contribution is -0.192. The number of anilines is 2. The fourth-order valence-corrected chi connectivity index (χ4v) is 4.31. The fraction of sp³-hybridized carbons (Fsp3) is 0.130. The third-order valence-electron chi connectivity index (χ3n) is 5.00. The average Bonchev–Trinajstić information content (AvgIpc) is 3.62. The Labute approximate surface area is 231 Å². The van der Waals surface area contributed by atoms with Crippen LogP contribution in [0, 0.1) is 0 Å². The summed E-state index contributed by atoms with van der Waals surface area (Å²) in [5, 5.41) is 23.8. The summed E-state index contributed by atoms with van der Waals surface area (Å²) in [6, 6.07) is 11.4. The van der Waals surface area contributed by atoms with Gasteiger partial charge >= 0.3 is 12.1 Å². The SMILES string of the molecule is O=C(Cc1cccc(-c2nsc(Nc3ccc4[nH]ncc4c3Cl)n2)c1)Cn1cc(Cl)cn1.O=C(O)C(F)(F)F. The number of hydrogen-bond acceptors (Lipinski definition) is 8. The molecule has 2 aromatic carbocycles. The van der Waals surface area contributed by atoms with Gasteiger partial charge in [0.25, 0.3) is 0 Å². The number of hydrogen-bond donors (Lipinski definition) is 3. The molecule has 10 nitrogen and oxygen atoms in total. The molecule has 39 heavy (non-hydrogen) atoms. The number of carboxylic acids is 1. The van der Waals surface area contributed by atoms with Crippen LogP contribution >= 0.6 is 34.7 Å². The van der Waals surface area contributed by atoms with Crippen molar-refractivity contribution in [1.82, 2.24) is 29.3 Å². The van der Waals surface area contributed by atoms with Gasteiger partial charge in [0, 0.05) is 35.1 Å². The molecular weight excluding hydrogens is 582 g/mol. The summed E-state index contributed by atoms with van der Waals surface area (Å²) in [4.78, 5) is 25.9. The van der Waals surface area contributed by atoms with Crippen molar-refractivity contribution in [2.45, 2.75) is 19.1 Å². The molecule has 202 valence electrons. The van der Waals surface area contributed by atoms with Crippen molar-refractivity contribution in [3.8, 4) is 11.4 Å². The summed E-state index contributed by atoms with van der Waals surface area (Å²) in [6.07, 6.45) is 0.0125. The molecule has 0 saturated carbocycles. The maximum absolute atomic E-state index is 12.4. The van der Waals surface area contributed by atoms with Crippen LogP contribution in [0.15, 0.2) is 55.0 Å². The number of rotatable bonds is 7. The van der Waals surface area contributed by atoms with E-state index >= 15 is 0 Å². The van der Waals surface area contributed by atoms with Crippen LogP contribution in [0.25, 0.3) is 22.3 Å². The van der Waals surface area contributed by atoms with E-state index in [1.807, 2.05) is 36.4 Å². The summed E-state index contributed by atoms with van der Waals surface area (Å²) in [7, 11) is 0. The predicted molar refractivity (Wildman–Crippen MR) is 139 cm³/mol. The number of benzene rings is 2. The number of carbonyl (C=O) groups is 2. The Balaban J connectivity index is 0.000000448. The number of aliphatic carboxylic acids is 1. The molecule has 0 atom stereocenters. The zero-order chi connectivity index (χ0) is 28.2. The largest absolute Gasteiger partial charge is 0.490 e. The zero-order valence-corrected chi connectivity index (χ0v) is 21.7. The molecule has 0 fully saturated rings. The molecule has 0 aliphatic rings. The van der Waals surface area contributed by atoms with Gasteiger partial charge in [-0.3, -0.25) is 14.6 Å². The number of carbonyl (C=O) groups excluding carboxylic acids is 1. The molecule has 5 rings (SSSR count). The Morgan fingerprint density at radius 3 is 2.62 bits per heavy atom. The van der Waals surface area contributed by atoms with E-state index in [0.717, 1.165) is 27.7 Å². The smallest absolute Gasteiger partial charge is 0.475 e. The van der Waals surface area contributed by atoms with Crippen molar-refractivity contribution in [3.05, 3.63) is 70.6 Å². The van der Waals surface area contributed by atoms with E-state index < -0.39 is 12.1 Å². The lowest BCUT2D eigenvalue weighted by atomic mass is 10.1. The Bertz CT molecular complexity index is 1630. The lowest BCUT2D eigenvalue weighted by Gasteiger charge is -2.05. The lowest BCUT2D eigenvalue weighted by Crippen LogP contribution is -2.21. The van der Waals surface area contributed by atoms with Gasteiger partial charge < -0.3 is 10.4 Å². The van der Waals surface area contributed by atoms with Gasteiger partial charge in [-0.05, 0) is 23.8 Å². The molecule has 3 heterocycles. The van der Waals surface area contributed by atoms with Gasteiger partial charge in [0.2, 0.25) is 5.13 Å². The molecule has 0 radical (unpaired) electrons. The number of halogens is 5. The Kier molecular flexibility index (Phi) is 8.47. The monoisotopic (exact) mass is 597 g/mol. The second-order valence-corrected chi connectivity index (χ2v) is 9.45. The van der Waals surface area contributed by atoms with Crippen molar-refractivity contribution >= 4 is 68.2 Å². The van der Waals surface area contributed by atoms with Crippen LogP contribution in [0.1, 0.15) is 5.56 Å². The standard InChI is InChI=1S/C21H15Cl2N7OS.C2HF3O2/c22-14-8-25-30(10-14)11-15(31)7-12-2-1-3-13(6-12)20-27-21(32-29-20)26-18-5-4-17-16(19(18)23)9-24-28-17;3-2(4,5)1(6)7/h1-6,8-10H,7,11H2,(H,24,28)(H,26,27,29);(H,6,7). The van der Waals surface area contributed by atoms with E-state index in [1.165, 1.54) is 22.4 Å². The van der Waals surface area contributed by atoms with Gasteiger partial charge in [-0.15, -0.1) is 0 Å². The Hall–Kier alpha value is -4.01. The van der Waals surface area contributed by atoms with E-state index in [4.69, 9.17) is 33.1 Å². The normalized spacial score (nSPS) is 11.2. The summed E-state index contributed by atoms with van der Waals surface area (Å²) in [5.41, 5.74) is 3.29. The first-order valence-electron chi connectivity index (χ1n) is 10.8. The average molecular weight is 598 g/mol. The number of alkyl halides is 3. The highest BCUT2D eigenvalue weighted by molar-refractivity contribution is 7.10. The van der Waals surface area contributed by atoms with Crippen LogP contribution in [-0.2, 0) is 22.6 Å². The van der Waals surface area contributed by atoms with Crippen LogP contribution in [0.4, 0.5) is 24.0 Å². The minimum atomic E-state index is -5.08. The van der Waals surface area contributed by atoms with E-state index in [0.29, 0.717) is 21.0 Å². The zero-order valence-electron chi connectivity index (χ0n) is 19.4. The highest BCUT2D eigenvalue weighted by atomic mass is 35.5. The van der Waals surface area contributed by atoms with Crippen LogP contribution in [0.5, 0.6) is 0 Å². The second kappa shape index (κ2) is 11.8. The number of nitrogens with one attached hydrogen (secondary N) is 2. The van der Waals surface area contributed by atoms with Crippen LogP contribution in [-0.4, -0.2) is 52.4 Å². The number of aromatic nitrogens is 6. The number of carboxylic acid groups (broad SMARTS) is 1. The van der Waals surface area contributed by atoms with Gasteiger partial charge in [0.1, 0.15) is 0 Å². The Morgan fingerprint density at radius 2 is 1.92 bits per heavy atom. The number of nitrogens with zero attached hydrogens (tertiary/aromatic N) is 5. The molecule has 0 unspecified atom stereocenters. The number of H-pyrrole nitrogens is 1. The van der Waals surface area contributed by atoms with Crippen molar-refractivity contribution in [1.29, 1.82) is 0 Å². The minimum absolute atomic E-state index is 0.0276. The molecule has 0 spiro atoms. The number of fused-ring (bicyclic) bond motifs is 1. The van der Waals surface area contributed by atoms with Crippen LogP contribution in [0.3, 0.4) is 0 Å². The molecule has 3 N–H and O–H groups in total. The molecule has 3 aromatic heterocycles. The topological polar surface area (TPSA) is 139 Å². The van der Waals surface area contributed by atoms with Gasteiger partial charge in [0.15, 0.2) is 11.6 Å². The van der Waals surface area contributed by atoms with Crippen LogP contribution in [0.2, 0.25) is 10.0 Å². The third-order valence-corrected chi connectivity index (χ3v) is 6.23. The quantitative estimate of drug-likeness (QED) is 0.215. The minimum Gasteiger partial charge on any atom is -0.475 e. The summed E-state index contributed by atoms with van der Waals surface area (Å²) < 4.78 is 37.7. The first kappa shape index (κ1) is 28.0. The predicted octanol–water partition coefficient (Wildman–Crippen LogP) is 5.77. The highest BCUT2D eigenvalue weighted by Crippen LogP contribution is 2.33. The summed E-state index contributed by atoms with van der Waals surface area (Å²) in [5.74, 6) is -2.15. The van der Waals surface area contributed by atoms with Crippen molar-refractivity contribution < 1.29 is 27.9 Å². The van der Waals surface area contributed by atoms with Crippen LogP contribution < -0.4 is 5.32 Å². The number of ketones is 1. The number of aromatic amines is 1. The van der Waals surface area contributed by atoms with Gasteiger partial charge in [-0.1, -0.05) is 41.4 Å². The van der Waals surface area contributed by atoms with E-state index in [-0.39, 0.29) is 18.7 Å². The Morgan fingerprint density at radius 1 is 1.15 bits per heavy atom. The van der Waals surface area contributed by atoms with Gasteiger partial charge in [-0.25, -0.2) is 4.79 Å². The second-order valence-electron chi connectivity index (χ2n) is 7.88. The van der Waals surface area contributed by atoms with Crippen molar-refractivity contribution in [3.63, 3.8) is 0 Å². The third kappa shape index (κ3) is 7.31. The van der Waals surface area contributed by atoms with Gasteiger partial charge in [-0.2, -0.15) is 32.7 Å². The van der Waals surface area contributed by atoms with Crippen molar-refractivity contribution in [2.24, 2.45) is 0 Å². The van der Waals surface area contributed by atoms with E-state index in [9.17, 15) is 18.0 Å². The fourth-order valence-electron chi connectivity index (χ4n) is 3.30. The first-order chi connectivity index (χ1) is 18.5. The summed E-state index contributed by atoms with van der Waals surface area (Å²) >= 11 is 13.6. The number of Topliss-reactive ketones (excluding diaryl/α,β-unsaturated/α-hetero) is 1. The van der Waals surface area contributed by atoms with E-state index in [1.54, 1.807) is 12.4 Å². The molecule has 0 aliphatic carbocycles. The molecule has 0 amide bonds. The van der Waals surface area contributed by atoms with Crippen molar-refractivity contribution in [2.75, 3.05) is 5.32 Å². The maximum atomic E-state index is 12.4. The molecule has 0 aliphatic heterocycles. The molecule has 16 heteroatoms. The molecule has 5 aromatic rings. The van der Waals surface area contributed by atoms with Gasteiger partial charge in [0.05, 0.1) is 40.2 Å². The highest BCUT2D eigenvalue weighted by Gasteiger charge is 2.38. The van der Waals surface area contributed by atoms with E-state index in [2.05, 4.69) is 30.0 Å². The molecule has 0 bridgehead atoms. The molecular formula is C23H16Cl2F3N7O3S. The maximum Gasteiger partial charge on any atom is 0.490 e.